The molecule has 0 heterocycles. The van der Waals surface area contributed by atoms with Crippen molar-refractivity contribution in [3.63, 3.8) is 0 Å². The highest BCUT2D eigenvalue weighted by atomic mass is 35.5. The number of carbonyl (C=O) groups excluding carboxylic acids is 1. The van der Waals surface area contributed by atoms with Gasteiger partial charge in [0.05, 0.1) is 17.5 Å². The molecule has 0 aromatic heterocycles. The second-order valence-corrected chi connectivity index (χ2v) is 4.39. The molecule has 80 valence electrons. The van der Waals surface area contributed by atoms with Crippen LogP contribution in [0.1, 0.15) is 25.3 Å². The molecule has 0 spiro atoms. The minimum Gasteiger partial charge on any atom is -0.495 e. The zero-order valence-corrected chi connectivity index (χ0v) is 9.60. The molecule has 0 unspecified atom stereocenters. The molecule has 1 aromatic carbocycles. The van der Waals surface area contributed by atoms with Crippen LogP contribution in [0.5, 0.6) is 5.75 Å². The lowest BCUT2D eigenvalue weighted by Crippen LogP contribution is -2.16. The number of carbonyl (C=O) groups is 1. The fraction of sp³-hybridized carbons (Fsp3) is 0.417. The van der Waals surface area contributed by atoms with Crippen LogP contribution < -0.4 is 4.74 Å². The number of Topliss-reactive ketones (excluding diaryl/α,β-unsaturated/α-hetero) is 1. The summed E-state index contributed by atoms with van der Waals surface area (Å²) in [7, 11) is 1.58. The molecule has 1 aliphatic rings. The van der Waals surface area contributed by atoms with Gasteiger partial charge in [-0.05, 0) is 37.5 Å². The van der Waals surface area contributed by atoms with Gasteiger partial charge in [-0.1, -0.05) is 17.7 Å². The summed E-state index contributed by atoms with van der Waals surface area (Å²) in [6.45, 7) is 1.64. The van der Waals surface area contributed by atoms with E-state index in [1.165, 1.54) is 0 Å². The molecule has 1 saturated carbocycles. The van der Waals surface area contributed by atoms with Crippen LogP contribution in [0.3, 0.4) is 0 Å². The normalized spacial score (nSPS) is 17.3. The van der Waals surface area contributed by atoms with E-state index in [-0.39, 0.29) is 11.2 Å². The van der Waals surface area contributed by atoms with Crippen LogP contribution >= 0.6 is 11.6 Å². The van der Waals surface area contributed by atoms with E-state index < -0.39 is 0 Å². The molecule has 0 atom stereocenters. The van der Waals surface area contributed by atoms with Gasteiger partial charge in [0.25, 0.3) is 0 Å². The third kappa shape index (κ3) is 1.63. The van der Waals surface area contributed by atoms with E-state index in [4.69, 9.17) is 16.3 Å². The lowest BCUT2D eigenvalue weighted by Gasteiger charge is -2.13. The van der Waals surface area contributed by atoms with E-state index in [9.17, 15) is 4.79 Å². The molecule has 0 saturated heterocycles. The van der Waals surface area contributed by atoms with Gasteiger partial charge in [0.2, 0.25) is 0 Å². The molecule has 1 aliphatic carbocycles. The summed E-state index contributed by atoms with van der Waals surface area (Å²) in [5, 5.41) is 0.572. The van der Waals surface area contributed by atoms with E-state index in [0.717, 1.165) is 18.4 Å². The lowest BCUT2D eigenvalue weighted by molar-refractivity contribution is -0.119. The minimum absolute atomic E-state index is 0.226. The summed E-state index contributed by atoms with van der Waals surface area (Å²) in [5.74, 6) is 0.878. The van der Waals surface area contributed by atoms with Crippen molar-refractivity contribution in [3.8, 4) is 5.75 Å². The summed E-state index contributed by atoms with van der Waals surface area (Å²) < 4.78 is 5.08. The van der Waals surface area contributed by atoms with Gasteiger partial charge in [-0.3, -0.25) is 4.79 Å². The van der Waals surface area contributed by atoms with Crippen molar-refractivity contribution in [2.75, 3.05) is 7.11 Å². The zero-order valence-electron chi connectivity index (χ0n) is 8.84. The van der Waals surface area contributed by atoms with Crippen molar-refractivity contribution in [1.82, 2.24) is 0 Å². The maximum Gasteiger partial charge on any atom is 0.140 e. The average Bonchev–Trinajstić information content (AvgIpc) is 2.98. The minimum atomic E-state index is -0.254. The van der Waals surface area contributed by atoms with Crippen molar-refractivity contribution in [2.45, 2.75) is 25.2 Å². The molecule has 0 N–H and O–H groups in total. The molecule has 1 fully saturated rings. The van der Waals surface area contributed by atoms with Gasteiger partial charge in [0, 0.05) is 0 Å². The first kappa shape index (κ1) is 10.5. The average molecular weight is 225 g/mol. The number of rotatable bonds is 3. The summed E-state index contributed by atoms with van der Waals surface area (Å²) in [4.78, 5) is 11.5. The van der Waals surface area contributed by atoms with Crippen LogP contribution in [0.25, 0.3) is 0 Å². The largest absolute Gasteiger partial charge is 0.495 e. The summed E-state index contributed by atoms with van der Waals surface area (Å²) in [6.07, 6.45) is 1.87. The molecule has 0 aliphatic heterocycles. The Morgan fingerprint density at radius 1 is 1.47 bits per heavy atom. The smallest absolute Gasteiger partial charge is 0.140 e. The fourth-order valence-electron chi connectivity index (χ4n) is 1.93. The van der Waals surface area contributed by atoms with E-state index in [0.29, 0.717) is 10.8 Å². The van der Waals surface area contributed by atoms with Crippen molar-refractivity contribution in [2.24, 2.45) is 0 Å². The van der Waals surface area contributed by atoms with Gasteiger partial charge in [-0.2, -0.15) is 0 Å². The Balaban J connectivity index is 2.39. The Labute approximate surface area is 94.2 Å². The molecular formula is C12H13ClO2. The topological polar surface area (TPSA) is 26.3 Å². The Hall–Kier alpha value is -1.02. The fourth-order valence-corrected chi connectivity index (χ4v) is 2.19. The van der Waals surface area contributed by atoms with E-state index in [1.54, 1.807) is 14.0 Å². The Morgan fingerprint density at radius 3 is 2.53 bits per heavy atom. The van der Waals surface area contributed by atoms with Gasteiger partial charge < -0.3 is 4.74 Å². The van der Waals surface area contributed by atoms with Crippen molar-refractivity contribution in [1.29, 1.82) is 0 Å². The number of ketones is 1. The van der Waals surface area contributed by atoms with Gasteiger partial charge in [0.15, 0.2) is 0 Å². The summed E-state index contributed by atoms with van der Waals surface area (Å²) >= 11 is 6.03. The van der Waals surface area contributed by atoms with Gasteiger partial charge in [-0.15, -0.1) is 0 Å². The molecule has 0 amide bonds. The third-order valence-corrected chi connectivity index (χ3v) is 3.42. The number of hydrogen-bond acceptors (Lipinski definition) is 2. The monoisotopic (exact) mass is 224 g/mol. The van der Waals surface area contributed by atoms with Crippen molar-refractivity contribution >= 4 is 17.4 Å². The predicted octanol–water partition coefficient (Wildman–Crippen LogP) is 2.97. The Kier molecular flexibility index (Phi) is 2.47. The maximum atomic E-state index is 11.5. The first-order valence-electron chi connectivity index (χ1n) is 4.95. The molecule has 0 bridgehead atoms. The molecule has 1 aromatic rings. The zero-order chi connectivity index (χ0) is 11.1. The molecule has 15 heavy (non-hydrogen) atoms. The quantitative estimate of drug-likeness (QED) is 0.789. The standard InChI is InChI=1S/C12H13ClO2/c1-8(14)12(5-6-12)9-3-4-11(15-2)10(13)7-9/h3-4,7H,5-6H2,1-2H3. The highest BCUT2D eigenvalue weighted by molar-refractivity contribution is 6.32. The third-order valence-electron chi connectivity index (χ3n) is 3.13. The number of halogens is 1. The van der Waals surface area contributed by atoms with Crippen LogP contribution in [0.4, 0.5) is 0 Å². The summed E-state index contributed by atoms with van der Waals surface area (Å²) in [5.41, 5.74) is 0.761. The van der Waals surface area contributed by atoms with Crippen LogP contribution in [0.15, 0.2) is 18.2 Å². The second kappa shape index (κ2) is 3.53. The lowest BCUT2D eigenvalue weighted by atomic mass is 9.92. The van der Waals surface area contributed by atoms with E-state index >= 15 is 0 Å². The number of hydrogen-bond donors (Lipinski definition) is 0. The SMILES string of the molecule is COc1ccc(C2(C(C)=O)CC2)cc1Cl. The number of methoxy groups -OCH3 is 1. The highest BCUT2D eigenvalue weighted by Gasteiger charge is 2.48. The second-order valence-electron chi connectivity index (χ2n) is 3.99. The first-order chi connectivity index (χ1) is 7.10. The Bertz CT molecular complexity index is 408. The van der Waals surface area contributed by atoms with Crippen LogP contribution in [0, 0.1) is 0 Å². The van der Waals surface area contributed by atoms with E-state index in [1.807, 2.05) is 18.2 Å². The predicted molar refractivity (Wildman–Crippen MR) is 59.6 cm³/mol. The summed E-state index contributed by atoms with van der Waals surface area (Å²) in [6, 6.07) is 5.59. The van der Waals surface area contributed by atoms with Gasteiger partial charge in [0.1, 0.15) is 11.5 Å². The van der Waals surface area contributed by atoms with Crippen molar-refractivity contribution < 1.29 is 9.53 Å². The molecule has 2 nitrogen and oxygen atoms in total. The van der Waals surface area contributed by atoms with Crippen molar-refractivity contribution in [3.05, 3.63) is 28.8 Å². The molecular weight excluding hydrogens is 212 g/mol. The molecule has 0 radical (unpaired) electrons. The Morgan fingerprint density at radius 2 is 2.13 bits per heavy atom. The number of benzene rings is 1. The van der Waals surface area contributed by atoms with E-state index in [2.05, 4.69) is 0 Å². The number of ether oxygens (including phenoxy) is 1. The maximum absolute atomic E-state index is 11.5. The first-order valence-corrected chi connectivity index (χ1v) is 5.33. The van der Waals surface area contributed by atoms with Crippen LogP contribution in [0.2, 0.25) is 5.02 Å². The van der Waals surface area contributed by atoms with Gasteiger partial charge >= 0.3 is 0 Å². The molecule has 2 rings (SSSR count). The van der Waals surface area contributed by atoms with Crippen LogP contribution in [-0.2, 0) is 10.2 Å². The van der Waals surface area contributed by atoms with Gasteiger partial charge in [-0.25, -0.2) is 0 Å². The molecule has 3 heteroatoms. The highest BCUT2D eigenvalue weighted by Crippen LogP contribution is 2.50. The van der Waals surface area contributed by atoms with Crippen LogP contribution in [-0.4, -0.2) is 12.9 Å².